The smallest absolute Gasteiger partial charge is 0.344 e. The van der Waals surface area contributed by atoms with Crippen LogP contribution >= 0.6 is 23.4 Å². The molecule has 2 aromatic heterocycles. The molecule has 0 radical (unpaired) electrons. The quantitative estimate of drug-likeness (QED) is 0.477. The van der Waals surface area contributed by atoms with Crippen LogP contribution in [0.4, 0.5) is 0 Å². The maximum atomic E-state index is 12.7. The topological polar surface area (TPSA) is 99.5 Å². The van der Waals surface area contributed by atoms with E-state index in [0.29, 0.717) is 11.6 Å². The highest BCUT2D eigenvalue weighted by molar-refractivity contribution is 6.31. The van der Waals surface area contributed by atoms with Crippen LogP contribution in [0.3, 0.4) is 0 Å². The zero-order valence-corrected chi connectivity index (χ0v) is 18.9. The second kappa shape index (κ2) is 9.15. The van der Waals surface area contributed by atoms with Crippen LogP contribution in [0.25, 0.3) is 22.1 Å². The lowest BCUT2D eigenvalue weighted by atomic mass is 10.0. The Hall–Kier alpha value is -2.52. The second-order valence-corrected chi connectivity index (χ2v) is 8.87. The molecule has 0 unspecified atom stereocenters. The third-order valence-electron chi connectivity index (χ3n) is 6.24. The van der Waals surface area contributed by atoms with Crippen molar-refractivity contribution >= 4 is 45.4 Å². The van der Waals surface area contributed by atoms with Gasteiger partial charge in [0.15, 0.2) is 0 Å². The minimum absolute atomic E-state index is 0. The molecule has 8 nitrogen and oxygen atoms in total. The largest absolute Gasteiger partial charge is 0.412 e. The third kappa shape index (κ3) is 3.99. The van der Waals surface area contributed by atoms with Gasteiger partial charge >= 0.3 is 11.4 Å². The van der Waals surface area contributed by atoms with Gasteiger partial charge in [0.05, 0.1) is 22.1 Å². The summed E-state index contributed by atoms with van der Waals surface area (Å²) in [7, 11) is 0. The first-order valence-electron chi connectivity index (χ1n) is 10.5. The zero-order valence-electron chi connectivity index (χ0n) is 17.4. The minimum Gasteiger partial charge on any atom is -0.412 e. The summed E-state index contributed by atoms with van der Waals surface area (Å²) in [6.45, 7) is 3.36. The molecular weight excluding hydrogens is 453 g/mol. The molecule has 0 amide bonds. The van der Waals surface area contributed by atoms with Crippen molar-refractivity contribution in [2.75, 3.05) is 19.6 Å². The molecule has 0 atom stereocenters. The van der Waals surface area contributed by atoms with Crippen molar-refractivity contribution in [1.82, 2.24) is 23.1 Å². The Labute approximate surface area is 194 Å². The highest BCUT2D eigenvalue weighted by Gasteiger charge is 2.24. The van der Waals surface area contributed by atoms with Gasteiger partial charge in [-0.2, -0.15) is 0 Å². The van der Waals surface area contributed by atoms with Gasteiger partial charge in [-0.25, -0.2) is 13.7 Å². The number of nitrogens with zero attached hydrogens (tertiary/aromatic N) is 4. The molecule has 3 heterocycles. The molecule has 4 aromatic rings. The number of halogens is 2. The maximum Gasteiger partial charge on any atom is 0.344 e. The van der Waals surface area contributed by atoms with E-state index in [1.165, 1.54) is 4.09 Å². The maximum absolute atomic E-state index is 12.7. The Morgan fingerprint density at radius 3 is 2.44 bits per heavy atom. The number of benzene rings is 2. The zero-order chi connectivity index (χ0) is 21.5. The van der Waals surface area contributed by atoms with Gasteiger partial charge in [0, 0.05) is 42.5 Å². The summed E-state index contributed by atoms with van der Waals surface area (Å²) in [5.41, 5.74) is 3.01. The molecular formula is C22H25Cl2N5O3. The summed E-state index contributed by atoms with van der Waals surface area (Å²) < 4.78 is 4.81. The number of rotatable bonds is 5. The number of aromatic amines is 1. The number of imidazole rings is 2. The normalized spacial score (nSPS) is 15.4. The molecule has 0 bridgehead atoms. The number of H-pyrrole nitrogens is 1. The lowest BCUT2D eigenvalue weighted by molar-refractivity contribution is 0.183. The van der Waals surface area contributed by atoms with Gasteiger partial charge in [-0.3, -0.25) is 9.13 Å². The summed E-state index contributed by atoms with van der Waals surface area (Å²) >= 11 is 12.3. The highest BCUT2D eigenvalue weighted by Crippen LogP contribution is 2.26. The van der Waals surface area contributed by atoms with Crippen LogP contribution in [0.15, 0.2) is 52.1 Å². The van der Waals surface area contributed by atoms with E-state index < -0.39 is 0 Å². The monoisotopic (exact) mass is 477 g/mol. The number of nitrogens with one attached hydrogen (secondary N) is 1. The lowest BCUT2D eigenvalue weighted by Crippen LogP contribution is -2.38. The van der Waals surface area contributed by atoms with Crippen molar-refractivity contribution in [3.05, 3.63) is 68.5 Å². The molecule has 3 N–H and O–H groups in total. The van der Waals surface area contributed by atoms with Gasteiger partial charge in [-0.05, 0) is 56.1 Å². The van der Waals surface area contributed by atoms with E-state index in [-0.39, 0.29) is 22.9 Å². The first-order valence-corrected chi connectivity index (χ1v) is 11.2. The molecule has 32 heavy (non-hydrogen) atoms. The SMILES string of the molecule is O.O=c1[nH]c2ccc(Cl)cc2n1CCCN1CCC(n2c(=O)n(Cl)c3ccccc32)CC1. The molecule has 1 aliphatic rings. The molecule has 10 heteroatoms. The predicted molar refractivity (Wildman–Crippen MR) is 128 cm³/mol. The fourth-order valence-corrected chi connectivity index (χ4v) is 5.08. The van der Waals surface area contributed by atoms with Crippen LogP contribution in [-0.2, 0) is 6.54 Å². The fraction of sp³-hybridized carbons (Fsp3) is 0.364. The Kier molecular flexibility index (Phi) is 6.48. The van der Waals surface area contributed by atoms with Gasteiger partial charge in [-0.1, -0.05) is 23.7 Å². The average molecular weight is 478 g/mol. The summed E-state index contributed by atoms with van der Waals surface area (Å²) in [6, 6.07) is 13.2. The molecule has 5 rings (SSSR count). The molecule has 2 aromatic carbocycles. The summed E-state index contributed by atoms with van der Waals surface area (Å²) in [5, 5.41) is 0.621. The Morgan fingerprint density at radius 2 is 1.69 bits per heavy atom. The van der Waals surface area contributed by atoms with E-state index in [9.17, 15) is 9.59 Å². The molecule has 1 fully saturated rings. The standard InChI is InChI=1S/C22H23Cl2N5O2.H2O/c23-15-6-7-17-20(14-15)27(21(30)25-17)11-3-10-26-12-8-16(9-13-26)28-18-4-1-2-5-19(18)29(24)22(28)31;/h1-2,4-7,14,16H,3,8-13H2,(H,25,30);1H2. The van der Waals surface area contributed by atoms with Crippen LogP contribution in [0.5, 0.6) is 0 Å². The van der Waals surface area contributed by atoms with E-state index in [0.717, 1.165) is 61.0 Å². The predicted octanol–water partition coefficient (Wildman–Crippen LogP) is 3.00. The van der Waals surface area contributed by atoms with Gasteiger partial charge in [0.25, 0.3) is 0 Å². The van der Waals surface area contributed by atoms with Crippen LogP contribution in [0.1, 0.15) is 25.3 Å². The van der Waals surface area contributed by atoms with Crippen LogP contribution in [-0.4, -0.2) is 48.2 Å². The van der Waals surface area contributed by atoms with Gasteiger partial charge in [0.2, 0.25) is 0 Å². The second-order valence-electron chi connectivity index (χ2n) is 8.09. The number of hydrogen-bond donors (Lipinski definition) is 1. The Balaban J connectivity index is 0.00000245. The van der Waals surface area contributed by atoms with Crippen molar-refractivity contribution in [1.29, 1.82) is 0 Å². The van der Waals surface area contributed by atoms with E-state index in [4.69, 9.17) is 23.4 Å². The number of aryl methyl sites for hydroxylation is 1. The number of para-hydroxylation sites is 2. The lowest BCUT2D eigenvalue weighted by Gasteiger charge is -2.32. The van der Waals surface area contributed by atoms with Crippen LogP contribution < -0.4 is 11.4 Å². The fourth-order valence-electron chi connectivity index (χ4n) is 4.69. The van der Waals surface area contributed by atoms with Crippen molar-refractivity contribution in [2.24, 2.45) is 0 Å². The molecule has 0 spiro atoms. The Bertz CT molecular complexity index is 1360. The van der Waals surface area contributed by atoms with Crippen molar-refractivity contribution < 1.29 is 5.48 Å². The molecule has 170 valence electrons. The first kappa shape index (κ1) is 22.7. The summed E-state index contributed by atoms with van der Waals surface area (Å²) in [6.07, 6.45) is 2.66. The van der Waals surface area contributed by atoms with Gasteiger partial charge in [0.1, 0.15) is 0 Å². The van der Waals surface area contributed by atoms with Crippen molar-refractivity contribution in [2.45, 2.75) is 31.8 Å². The van der Waals surface area contributed by atoms with Crippen molar-refractivity contribution in [3.63, 3.8) is 0 Å². The Morgan fingerprint density at radius 1 is 0.969 bits per heavy atom. The van der Waals surface area contributed by atoms with Gasteiger partial charge < -0.3 is 15.4 Å². The summed E-state index contributed by atoms with van der Waals surface area (Å²) in [4.78, 5) is 30.2. The molecule has 0 aliphatic carbocycles. The number of hydrogen-bond acceptors (Lipinski definition) is 3. The first-order chi connectivity index (χ1) is 15.0. The average Bonchev–Trinajstić information content (AvgIpc) is 3.22. The highest BCUT2D eigenvalue weighted by atomic mass is 35.5. The van der Waals surface area contributed by atoms with E-state index in [1.54, 1.807) is 10.6 Å². The van der Waals surface area contributed by atoms with E-state index >= 15 is 0 Å². The number of aromatic nitrogens is 4. The minimum atomic E-state index is -0.168. The van der Waals surface area contributed by atoms with Gasteiger partial charge in [-0.15, -0.1) is 0 Å². The number of piperidine rings is 1. The van der Waals surface area contributed by atoms with E-state index in [1.807, 2.05) is 41.0 Å². The number of likely N-dealkylation sites (tertiary alicyclic amines) is 1. The molecule has 0 saturated carbocycles. The summed E-state index contributed by atoms with van der Waals surface area (Å²) in [5.74, 6) is 0. The molecule has 1 aliphatic heterocycles. The molecule has 1 saturated heterocycles. The van der Waals surface area contributed by atoms with Crippen LogP contribution in [0, 0.1) is 0 Å². The van der Waals surface area contributed by atoms with Crippen molar-refractivity contribution in [3.8, 4) is 0 Å². The van der Waals surface area contributed by atoms with Crippen LogP contribution in [0.2, 0.25) is 5.02 Å². The van der Waals surface area contributed by atoms with E-state index in [2.05, 4.69) is 9.88 Å². The third-order valence-corrected chi connectivity index (χ3v) is 6.80. The number of fused-ring (bicyclic) bond motifs is 2.